The summed E-state index contributed by atoms with van der Waals surface area (Å²) in [4.78, 5) is 18.0. The van der Waals surface area contributed by atoms with Crippen LogP contribution in [0.4, 0.5) is 13.2 Å². The first kappa shape index (κ1) is 22.8. The lowest BCUT2D eigenvalue weighted by Gasteiger charge is -2.25. The van der Waals surface area contributed by atoms with E-state index in [0.29, 0.717) is 24.2 Å². The number of halogens is 3. The molecule has 0 saturated carbocycles. The third kappa shape index (κ3) is 6.82. The first-order valence-corrected chi connectivity index (χ1v) is 9.49. The second-order valence-electron chi connectivity index (χ2n) is 6.76. The van der Waals surface area contributed by atoms with Gasteiger partial charge in [0.05, 0.1) is 0 Å². The van der Waals surface area contributed by atoms with Gasteiger partial charge in [-0.25, -0.2) is 0 Å². The molecule has 1 aromatic heterocycles. The second kappa shape index (κ2) is 10.4. The predicted molar refractivity (Wildman–Crippen MR) is 102 cm³/mol. The minimum atomic E-state index is -4.70. The summed E-state index contributed by atoms with van der Waals surface area (Å²) in [6, 6.07) is 5.93. The van der Waals surface area contributed by atoms with Crippen LogP contribution in [0, 0.1) is 0 Å². The Morgan fingerprint density at radius 2 is 1.97 bits per heavy atom. The van der Waals surface area contributed by atoms with E-state index in [9.17, 15) is 18.0 Å². The van der Waals surface area contributed by atoms with Crippen LogP contribution in [0.3, 0.4) is 0 Å². The lowest BCUT2D eigenvalue weighted by atomic mass is 10.1. The first-order valence-electron chi connectivity index (χ1n) is 9.49. The zero-order valence-electron chi connectivity index (χ0n) is 16.5. The number of hydrogen-bond acceptors (Lipinski definition) is 6. The molecule has 10 heteroatoms. The summed E-state index contributed by atoms with van der Waals surface area (Å²) < 4.78 is 41.9. The van der Waals surface area contributed by atoms with E-state index in [1.807, 2.05) is 6.92 Å². The van der Waals surface area contributed by atoms with Gasteiger partial charge in [-0.05, 0) is 51.5 Å². The van der Waals surface area contributed by atoms with Crippen molar-refractivity contribution in [2.24, 2.45) is 5.73 Å². The number of carbonyl (C=O) groups excluding carboxylic acids is 1. The summed E-state index contributed by atoms with van der Waals surface area (Å²) in [6.07, 6.45) is -2.72. The molecule has 0 fully saturated rings. The van der Waals surface area contributed by atoms with E-state index in [4.69, 9.17) is 5.73 Å². The number of rotatable bonds is 10. The molecular formula is C19H26F3N5O2. The van der Waals surface area contributed by atoms with Gasteiger partial charge in [0.2, 0.25) is 5.82 Å². The number of alkyl halides is 3. The molecule has 1 amide bonds. The minimum Gasteiger partial charge on any atom is -0.348 e. The molecule has 0 saturated heterocycles. The minimum absolute atomic E-state index is 0.0634. The number of amides is 1. The molecular weight excluding hydrogens is 387 g/mol. The van der Waals surface area contributed by atoms with Crippen LogP contribution in [0.25, 0.3) is 11.4 Å². The van der Waals surface area contributed by atoms with E-state index >= 15 is 0 Å². The molecule has 0 radical (unpaired) electrons. The van der Waals surface area contributed by atoms with Gasteiger partial charge in [-0.2, -0.15) is 18.2 Å². The molecule has 29 heavy (non-hydrogen) atoms. The highest BCUT2D eigenvalue weighted by atomic mass is 19.4. The van der Waals surface area contributed by atoms with Crippen molar-refractivity contribution >= 4 is 5.91 Å². The maximum atomic E-state index is 12.6. The van der Waals surface area contributed by atoms with Gasteiger partial charge in [-0.1, -0.05) is 24.2 Å². The Morgan fingerprint density at radius 1 is 1.28 bits per heavy atom. The molecule has 1 atom stereocenters. The Bertz CT molecular complexity index is 777. The molecule has 3 N–H and O–H groups in total. The quantitative estimate of drug-likeness (QED) is 0.582. The number of benzene rings is 1. The van der Waals surface area contributed by atoms with Crippen molar-refractivity contribution in [3.8, 4) is 11.4 Å². The summed E-state index contributed by atoms with van der Waals surface area (Å²) in [7, 11) is 0. The highest BCUT2D eigenvalue weighted by molar-refractivity contribution is 5.94. The number of aromatic nitrogens is 2. The summed E-state index contributed by atoms with van der Waals surface area (Å²) in [5, 5.41) is 6.26. The molecule has 0 unspecified atom stereocenters. The van der Waals surface area contributed by atoms with E-state index in [-0.39, 0.29) is 17.8 Å². The summed E-state index contributed by atoms with van der Waals surface area (Å²) in [6.45, 7) is 7.18. The molecule has 2 rings (SSSR count). The monoisotopic (exact) mass is 413 g/mol. The van der Waals surface area contributed by atoms with Crippen molar-refractivity contribution in [1.82, 2.24) is 20.4 Å². The van der Waals surface area contributed by atoms with E-state index in [1.165, 1.54) is 24.3 Å². The Morgan fingerprint density at radius 3 is 2.52 bits per heavy atom. The number of nitrogens with two attached hydrogens (primary N) is 1. The van der Waals surface area contributed by atoms with Gasteiger partial charge in [0.25, 0.3) is 5.91 Å². The van der Waals surface area contributed by atoms with Gasteiger partial charge in [-0.15, -0.1) is 0 Å². The van der Waals surface area contributed by atoms with Gasteiger partial charge >= 0.3 is 12.1 Å². The number of hydrogen-bond donors (Lipinski definition) is 2. The molecule has 0 aliphatic rings. The molecule has 160 valence electrons. The van der Waals surface area contributed by atoms with Crippen LogP contribution in [0.1, 0.15) is 42.9 Å². The lowest BCUT2D eigenvalue weighted by molar-refractivity contribution is -0.159. The fourth-order valence-corrected chi connectivity index (χ4v) is 2.82. The van der Waals surface area contributed by atoms with Crippen molar-refractivity contribution in [1.29, 1.82) is 0 Å². The van der Waals surface area contributed by atoms with E-state index in [0.717, 1.165) is 25.9 Å². The average molecular weight is 413 g/mol. The highest BCUT2D eigenvalue weighted by Crippen LogP contribution is 2.29. The third-order valence-corrected chi connectivity index (χ3v) is 4.36. The normalized spacial score (nSPS) is 12.9. The Labute approximate surface area is 167 Å². The summed E-state index contributed by atoms with van der Waals surface area (Å²) in [5.41, 5.74) is 6.24. The topological polar surface area (TPSA) is 97.3 Å². The Kier molecular flexibility index (Phi) is 8.15. The molecule has 0 aliphatic heterocycles. The second-order valence-corrected chi connectivity index (χ2v) is 6.76. The van der Waals surface area contributed by atoms with Gasteiger partial charge in [0, 0.05) is 23.7 Å². The van der Waals surface area contributed by atoms with E-state index in [2.05, 4.69) is 31.8 Å². The summed E-state index contributed by atoms with van der Waals surface area (Å²) >= 11 is 0. The van der Waals surface area contributed by atoms with Crippen LogP contribution in [0.15, 0.2) is 28.8 Å². The Hall–Kier alpha value is -2.46. The van der Waals surface area contributed by atoms with Gasteiger partial charge < -0.3 is 20.5 Å². The SMILES string of the molecule is CCN(CCCCN)C[C@@H](C)NC(=O)c1ccc(-c2noc(C(F)(F)F)n2)cc1. The van der Waals surface area contributed by atoms with E-state index in [1.54, 1.807) is 0 Å². The van der Waals surface area contributed by atoms with Crippen molar-refractivity contribution < 1.29 is 22.5 Å². The molecule has 1 heterocycles. The fraction of sp³-hybridized carbons (Fsp3) is 0.526. The number of unbranched alkanes of at least 4 members (excludes halogenated alkanes) is 1. The van der Waals surface area contributed by atoms with Crippen molar-refractivity contribution in [3.05, 3.63) is 35.7 Å². The van der Waals surface area contributed by atoms with Gasteiger partial charge in [-0.3, -0.25) is 4.79 Å². The smallest absolute Gasteiger partial charge is 0.348 e. The Balaban J connectivity index is 1.93. The average Bonchev–Trinajstić information content (AvgIpc) is 3.18. The van der Waals surface area contributed by atoms with Crippen molar-refractivity contribution in [3.63, 3.8) is 0 Å². The molecule has 1 aromatic carbocycles. The van der Waals surface area contributed by atoms with Crippen LogP contribution in [-0.4, -0.2) is 53.2 Å². The summed E-state index contributed by atoms with van der Waals surface area (Å²) in [5.74, 6) is -1.85. The molecule has 2 aromatic rings. The zero-order chi connectivity index (χ0) is 21.4. The third-order valence-electron chi connectivity index (χ3n) is 4.36. The molecule has 0 bridgehead atoms. The largest absolute Gasteiger partial charge is 0.471 e. The number of carbonyl (C=O) groups is 1. The standard InChI is InChI=1S/C19H26F3N5O2/c1-3-27(11-5-4-10-23)12-13(2)24-17(28)15-8-6-14(7-9-15)16-25-18(29-26-16)19(20,21)22/h6-9,13H,3-5,10-12,23H2,1-2H3,(H,24,28)/t13-/m1/s1. The van der Waals surface area contributed by atoms with Crippen molar-refractivity contribution in [2.75, 3.05) is 26.2 Å². The van der Waals surface area contributed by atoms with E-state index < -0.39 is 12.1 Å². The van der Waals surface area contributed by atoms with Crippen molar-refractivity contribution in [2.45, 2.75) is 38.9 Å². The lowest BCUT2D eigenvalue weighted by Crippen LogP contribution is -2.42. The van der Waals surface area contributed by atoms with Crippen LogP contribution in [-0.2, 0) is 6.18 Å². The highest BCUT2D eigenvalue weighted by Gasteiger charge is 2.38. The molecule has 0 aliphatic carbocycles. The van der Waals surface area contributed by atoms with Gasteiger partial charge in [0.1, 0.15) is 0 Å². The fourth-order valence-electron chi connectivity index (χ4n) is 2.82. The van der Waals surface area contributed by atoms with Crippen LogP contribution >= 0.6 is 0 Å². The number of nitrogens with zero attached hydrogens (tertiary/aromatic N) is 3. The first-order chi connectivity index (χ1) is 13.7. The number of nitrogens with one attached hydrogen (secondary N) is 1. The molecule has 0 spiro atoms. The van der Waals surface area contributed by atoms with Crippen LogP contribution < -0.4 is 11.1 Å². The maximum Gasteiger partial charge on any atom is 0.471 e. The van der Waals surface area contributed by atoms with Crippen LogP contribution in [0.5, 0.6) is 0 Å². The predicted octanol–water partition coefficient (Wildman–Crippen LogP) is 2.93. The van der Waals surface area contributed by atoms with Gasteiger partial charge in [0.15, 0.2) is 0 Å². The maximum absolute atomic E-state index is 12.6. The zero-order valence-corrected chi connectivity index (χ0v) is 16.5. The van der Waals surface area contributed by atoms with Crippen LogP contribution in [0.2, 0.25) is 0 Å². The number of likely N-dealkylation sites (N-methyl/N-ethyl adjacent to an activating group) is 1. The molecule has 7 nitrogen and oxygen atoms in total.